The van der Waals surface area contributed by atoms with Crippen LogP contribution in [0.4, 0.5) is 11.4 Å². The lowest BCUT2D eigenvalue weighted by molar-refractivity contribution is -0.384. The van der Waals surface area contributed by atoms with E-state index in [0.29, 0.717) is 11.7 Å². The smallest absolute Gasteiger partial charge is 0.292 e. The Morgan fingerprint density at radius 2 is 1.81 bits per heavy atom. The highest BCUT2D eigenvalue weighted by Gasteiger charge is 2.23. The van der Waals surface area contributed by atoms with E-state index in [1.807, 2.05) is 19.9 Å². The minimum atomic E-state index is -0.280. The fraction of sp³-hybridized carbons (Fsp3) is 0.647. The maximum Gasteiger partial charge on any atom is 0.292 e. The Bertz CT molecular complexity index is 506. The molecule has 0 unspecified atom stereocenters. The van der Waals surface area contributed by atoms with E-state index in [1.54, 1.807) is 6.07 Å². The fourth-order valence-electron chi connectivity index (χ4n) is 3.29. The number of hydrogen-bond acceptors (Lipinski definition) is 3. The Kier molecular flexibility index (Phi) is 5.21. The molecule has 1 saturated carbocycles. The summed E-state index contributed by atoms with van der Waals surface area (Å²) < 4.78 is 0. The Morgan fingerprint density at radius 3 is 2.38 bits per heavy atom. The molecule has 1 fully saturated rings. The number of rotatable bonds is 5. The SMILES string of the molecule is CCCC1CCC(Nc2cc(C)c(C)cc2[N+](=O)[O-])CC1. The summed E-state index contributed by atoms with van der Waals surface area (Å²) in [7, 11) is 0. The molecule has 1 aliphatic rings. The van der Waals surface area contributed by atoms with Crippen LogP contribution in [0.2, 0.25) is 0 Å². The molecule has 0 amide bonds. The average molecular weight is 290 g/mol. The highest BCUT2D eigenvalue weighted by atomic mass is 16.6. The number of aryl methyl sites for hydroxylation is 2. The Balaban J connectivity index is 2.06. The van der Waals surface area contributed by atoms with Gasteiger partial charge in [-0.2, -0.15) is 0 Å². The van der Waals surface area contributed by atoms with Crippen LogP contribution in [0.5, 0.6) is 0 Å². The molecule has 1 aromatic carbocycles. The van der Waals surface area contributed by atoms with Crippen molar-refractivity contribution in [2.45, 2.75) is 65.3 Å². The minimum absolute atomic E-state index is 0.203. The van der Waals surface area contributed by atoms with Gasteiger partial charge in [0, 0.05) is 12.1 Å². The molecule has 0 atom stereocenters. The molecule has 21 heavy (non-hydrogen) atoms. The summed E-state index contributed by atoms with van der Waals surface area (Å²) in [6.07, 6.45) is 7.29. The van der Waals surface area contributed by atoms with Gasteiger partial charge in [0.25, 0.3) is 5.69 Å². The van der Waals surface area contributed by atoms with E-state index in [1.165, 1.54) is 25.7 Å². The van der Waals surface area contributed by atoms with Gasteiger partial charge in [-0.3, -0.25) is 10.1 Å². The molecule has 116 valence electrons. The lowest BCUT2D eigenvalue weighted by Gasteiger charge is -2.29. The van der Waals surface area contributed by atoms with Gasteiger partial charge in [0.15, 0.2) is 0 Å². The van der Waals surface area contributed by atoms with Crippen molar-refractivity contribution < 1.29 is 4.92 Å². The van der Waals surface area contributed by atoms with Crippen molar-refractivity contribution in [3.05, 3.63) is 33.4 Å². The first-order valence-electron chi connectivity index (χ1n) is 8.03. The van der Waals surface area contributed by atoms with Crippen LogP contribution in [0.1, 0.15) is 56.6 Å². The molecular formula is C17H26N2O2. The third-order valence-corrected chi connectivity index (χ3v) is 4.71. The first-order chi connectivity index (χ1) is 10.0. The van der Waals surface area contributed by atoms with E-state index in [4.69, 9.17) is 0 Å². The van der Waals surface area contributed by atoms with Crippen LogP contribution in [0.25, 0.3) is 0 Å². The summed E-state index contributed by atoms with van der Waals surface area (Å²) in [5.74, 6) is 0.850. The van der Waals surface area contributed by atoms with Gasteiger partial charge in [-0.05, 0) is 62.6 Å². The maximum absolute atomic E-state index is 11.2. The summed E-state index contributed by atoms with van der Waals surface area (Å²) in [5, 5.41) is 14.6. The zero-order valence-electron chi connectivity index (χ0n) is 13.3. The largest absolute Gasteiger partial charge is 0.377 e. The van der Waals surface area contributed by atoms with E-state index in [9.17, 15) is 10.1 Å². The molecule has 0 heterocycles. The van der Waals surface area contributed by atoms with Crippen LogP contribution >= 0.6 is 0 Å². The fourth-order valence-corrected chi connectivity index (χ4v) is 3.29. The molecule has 0 aliphatic heterocycles. The number of nitro groups is 1. The molecule has 0 saturated heterocycles. The Hall–Kier alpha value is -1.58. The predicted molar refractivity (Wildman–Crippen MR) is 86.8 cm³/mol. The van der Waals surface area contributed by atoms with Gasteiger partial charge in [0.1, 0.15) is 5.69 Å². The summed E-state index contributed by atoms with van der Waals surface area (Å²) in [5.41, 5.74) is 2.96. The third-order valence-electron chi connectivity index (χ3n) is 4.71. The van der Waals surface area contributed by atoms with E-state index >= 15 is 0 Å². The minimum Gasteiger partial charge on any atom is -0.377 e. The lowest BCUT2D eigenvalue weighted by Crippen LogP contribution is -2.26. The normalized spacial score (nSPS) is 22.0. The zero-order valence-corrected chi connectivity index (χ0v) is 13.3. The molecule has 0 spiro atoms. The molecule has 4 nitrogen and oxygen atoms in total. The molecule has 0 radical (unpaired) electrons. The van der Waals surface area contributed by atoms with Crippen molar-refractivity contribution >= 4 is 11.4 Å². The predicted octanol–water partition coefficient (Wildman–Crippen LogP) is 4.98. The summed E-state index contributed by atoms with van der Waals surface area (Å²) in [6.45, 7) is 6.16. The number of nitrogens with one attached hydrogen (secondary N) is 1. The van der Waals surface area contributed by atoms with Crippen LogP contribution in [0.3, 0.4) is 0 Å². The monoisotopic (exact) mass is 290 g/mol. The van der Waals surface area contributed by atoms with E-state index < -0.39 is 0 Å². The van der Waals surface area contributed by atoms with Crippen molar-refractivity contribution in [3.8, 4) is 0 Å². The molecule has 2 rings (SSSR count). The second kappa shape index (κ2) is 6.92. The Labute approximate surface area is 127 Å². The number of anilines is 1. The molecule has 0 bridgehead atoms. The van der Waals surface area contributed by atoms with Crippen LogP contribution in [-0.2, 0) is 0 Å². The second-order valence-corrected chi connectivity index (χ2v) is 6.36. The molecule has 1 N–H and O–H groups in total. The first kappa shape index (κ1) is 15.8. The van der Waals surface area contributed by atoms with Crippen molar-refractivity contribution in [1.29, 1.82) is 0 Å². The van der Waals surface area contributed by atoms with E-state index in [2.05, 4.69) is 12.2 Å². The van der Waals surface area contributed by atoms with Crippen LogP contribution < -0.4 is 5.32 Å². The molecule has 0 aromatic heterocycles. The van der Waals surface area contributed by atoms with Crippen LogP contribution in [0.15, 0.2) is 12.1 Å². The van der Waals surface area contributed by atoms with Gasteiger partial charge in [-0.25, -0.2) is 0 Å². The van der Waals surface area contributed by atoms with E-state index in [-0.39, 0.29) is 10.6 Å². The maximum atomic E-state index is 11.2. The lowest BCUT2D eigenvalue weighted by atomic mass is 9.83. The van der Waals surface area contributed by atoms with Crippen LogP contribution in [-0.4, -0.2) is 11.0 Å². The zero-order chi connectivity index (χ0) is 15.4. The number of benzene rings is 1. The highest BCUT2D eigenvalue weighted by molar-refractivity contribution is 5.64. The van der Waals surface area contributed by atoms with Gasteiger partial charge in [-0.15, -0.1) is 0 Å². The van der Waals surface area contributed by atoms with Crippen molar-refractivity contribution in [2.24, 2.45) is 5.92 Å². The first-order valence-corrected chi connectivity index (χ1v) is 8.03. The second-order valence-electron chi connectivity index (χ2n) is 6.36. The summed E-state index contributed by atoms with van der Waals surface area (Å²) in [6, 6.07) is 3.98. The van der Waals surface area contributed by atoms with E-state index in [0.717, 1.165) is 29.9 Å². The number of nitrogens with zero attached hydrogens (tertiary/aromatic N) is 1. The third kappa shape index (κ3) is 3.96. The summed E-state index contributed by atoms with van der Waals surface area (Å²) in [4.78, 5) is 10.9. The Morgan fingerprint density at radius 1 is 1.19 bits per heavy atom. The van der Waals surface area contributed by atoms with Gasteiger partial charge in [-0.1, -0.05) is 19.8 Å². The van der Waals surface area contributed by atoms with Crippen LogP contribution in [0, 0.1) is 29.9 Å². The number of nitro benzene ring substituents is 1. The standard InChI is InChI=1S/C17H26N2O2/c1-4-5-14-6-8-15(9-7-14)18-16-10-12(2)13(3)11-17(16)19(20)21/h10-11,14-15,18H,4-9H2,1-3H3. The molecular weight excluding hydrogens is 264 g/mol. The highest BCUT2D eigenvalue weighted by Crippen LogP contribution is 2.33. The van der Waals surface area contributed by atoms with Gasteiger partial charge in [0.2, 0.25) is 0 Å². The van der Waals surface area contributed by atoms with Crippen molar-refractivity contribution in [1.82, 2.24) is 0 Å². The molecule has 4 heteroatoms. The molecule has 1 aliphatic carbocycles. The van der Waals surface area contributed by atoms with Gasteiger partial charge < -0.3 is 5.32 Å². The van der Waals surface area contributed by atoms with Crippen molar-refractivity contribution in [2.75, 3.05) is 5.32 Å². The summed E-state index contributed by atoms with van der Waals surface area (Å²) >= 11 is 0. The van der Waals surface area contributed by atoms with Gasteiger partial charge in [0.05, 0.1) is 4.92 Å². The average Bonchev–Trinajstić information content (AvgIpc) is 2.44. The topological polar surface area (TPSA) is 55.2 Å². The van der Waals surface area contributed by atoms with Gasteiger partial charge >= 0.3 is 0 Å². The molecule has 1 aromatic rings. The van der Waals surface area contributed by atoms with Crippen molar-refractivity contribution in [3.63, 3.8) is 0 Å². The number of hydrogen-bond donors (Lipinski definition) is 1. The quantitative estimate of drug-likeness (QED) is 0.614.